The SMILES string of the molecule is CN(Cc1ccsc1)C(CN)c1ccncc1. The number of rotatable bonds is 5. The highest BCUT2D eigenvalue weighted by molar-refractivity contribution is 7.07. The first-order valence-electron chi connectivity index (χ1n) is 5.62. The van der Waals surface area contributed by atoms with E-state index in [1.54, 1.807) is 11.3 Å². The minimum Gasteiger partial charge on any atom is -0.329 e. The topological polar surface area (TPSA) is 42.1 Å². The first-order chi connectivity index (χ1) is 8.31. The van der Waals surface area contributed by atoms with E-state index in [2.05, 4.69) is 33.8 Å². The van der Waals surface area contributed by atoms with Gasteiger partial charge in [-0.15, -0.1) is 0 Å². The number of thiophene rings is 1. The zero-order valence-electron chi connectivity index (χ0n) is 9.91. The quantitative estimate of drug-likeness (QED) is 0.881. The lowest BCUT2D eigenvalue weighted by atomic mass is 10.1. The largest absolute Gasteiger partial charge is 0.329 e. The Morgan fingerprint density at radius 2 is 2.12 bits per heavy atom. The van der Waals surface area contributed by atoms with E-state index in [-0.39, 0.29) is 6.04 Å². The molecule has 0 fully saturated rings. The van der Waals surface area contributed by atoms with Gasteiger partial charge in [0.15, 0.2) is 0 Å². The molecule has 90 valence electrons. The maximum Gasteiger partial charge on any atom is 0.0472 e. The molecule has 0 saturated heterocycles. The molecular formula is C13H17N3S. The van der Waals surface area contributed by atoms with Crippen LogP contribution in [0.3, 0.4) is 0 Å². The summed E-state index contributed by atoms with van der Waals surface area (Å²) in [6, 6.07) is 6.46. The van der Waals surface area contributed by atoms with Gasteiger partial charge < -0.3 is 5.73 Å². The third-order valence-electron chi connectivity index (χ3n) is 2.86. The molecule has 4 heteroatoms. The number of nitrogens with zero attached hydrogens (tertiary/aromatic N) is 2. The maximum atomic E-state index is 5.88. The lowest BCUT2D eigenvalue weighted by molar-refractivity contribution is 0.242. The highest BCUT2D eigenvalue weighted by Crippen LogP contribution is 2.20. The summed E-state index contributed by atoms with van der Waals surface area (Å²) in [5, 5.41) is 4.28. The Bertz CT molecular complexity index is 427. The molecule has 0 amide bonds. The molecule has 2 heterocycles. The zero-order valence-corrected chi connectivity index (χ0v) is 10.7. The third kappa shape index (κ3) is 3.12. The summed E-state index contributed by atoms with van der Waals surface area (Å²) >= 11 is 1.73. The average molecular weight is 247 g/mol. The standard InChI is InChI=1S/C13H17N3S/c1-16(9-11-4-7-17-10-11)13(8-14)12-2-5-15-6-3-12/h2-7,10,13H,8-9,14H2,1H3. The van der Waals surface area contributed by atoms with Crippen LogP contribution in [-0.4, -0.2) is 23.5 Å². The van der Waals surface area contributed by atoms with E-state index in [0.29, 0.717) is 6.54 Å². The summed E-state index contributed by atoms with van der Waals surface area (Å²) in [5.74, 6) is 0. The van der Waals surface area contributed by atoms with E-state index < -0.39 is 0 Å². The van der Waals surface area contributed by atoms with Crippen LogP contribution in [0.15, 0.2) is 41.4 Å². The Kier molecular flexibility index (Phi) is 4.25. The van der Waals surface area contributed by atoms with Crippen molar-refractivity contribution in [2.45, 2.75) is 12.6 Å². The van der Waals surface area contributed by atoms with Crippen LogP contribution in [0.4, 0.5) is 0 Å². The van der Waals surface area contributed by atoms with Gasteiger partial charge in [-0.2, -0.15) is 11.3 Å². The fourth-order valence-electron chi connectivity index (χ4n) is 1.94. The molecule has 2 N–H and O–H groups in total. The molecule has 0 saturated carbocycles. The first-order valence-corrected chi connectivity index (χ1v) is 6.57. The van der Waals surface area contributed by atoms with Crippen molar-refractivity contribution < 1.29 is 0 Å². The summed E-state index contributed by atoms with van der Waals surface area (Å²) in [6.45, 7) is 1.54. The predicted octanol–water partition coefficient (Wildman–Crippen LogP) is 2.27. The van der Waals surface area contributed by atoms with E-state index in [1.165, 1.54) is 11.1 Å². The van der Waals surface area contributed by atoms with Crippen LogP contribution in [0.25, 0.3) is 0 Å². The molecule has 3 nitrogen and oxygen atoms in total. The van der Waals surface area contributed by atoms with Gasteiger partial charge in [0, 0.05) is 31.5 Å². The number of pyridine rings is 1. The first kappa shape index (κ1) is 12.2. The number of aromatic nitrogens is 1. The van der Waals surface area contributed by atoms with Crippen molar-refractivity contribution in [3.05, 3.63) is 52.5 Å². The van der Waals surface area contributed by atoms with Crippen molar-refractivity contribution >= 4 is 11.3 Å². The Balaban J connectivity index is 2.08. The molecule has 2 rings (SSSR count). The van der Waals surface area contributed by atoms with Crippen molar-refractivity contribution in [3.63, 3.8) is 0 Å². The predicted molar refractivity (Wildman–Crippen MR) is 71.8 cm³/mol. The van der Waals surface area contributed by atoms with Crippen molar-refractivity contribution in [1.29, 1.82) is 0 Å². The van der Waals surface area contributed by atoms with Crippen LogP contribution in [0, 0.1) is 0 Å². The van der Waals surface area contributed by atoms with Gasteiger partial charge in [0.25, 0.3) is 0 Å². The molecule has 2 aromatic heterocycles. The third-order valence-corrected chi connectivity index (χ3v) is 3.59. The zero-order chi connectivity index (χ0) is 12.1. The molecular weight excluding hydrogens is 230 g/mol. The van der Waals surface area contributed by atoms with Crippen LogP contribution in [0.2, 0.25) is 0 Å². The molecule has 2 aromatic rings. The Hall–Kier alpha value is -1.23. The molecule has 0 aromatic carbocycles. The van der Waals surface area contributed by atoms with Gasteiger partial charge >= 0.3 is 0 Å². The summed E-state index contributed by atoms with van der Waals surface area (Å²) in [4.78, 5) is 6.31. The fourth-order valence-corrected chi connectivity index (χ4v) is 2.60. The highest BCUT2D eigenvalue weighted by atomic mass is 32.1. The van der Waals surface area contributed by atoms with E-state index >= 15 is 0 Å². The number of nitrogens with two attached hydrogens (primary N) is 1. The van der Waals surface area contributed by atoms with Crippen LogP contribution in [0.1, 0.15) is 17.2 Å². The van der Waals surface area contributed by atoms with Crippen molar-refractivity contribution in [2.24, 2.45) is 5.73 Å². The smallest absolute Gasteiger partial charge is 0.0472 e. The molecule has 1 atom stereocenters. The monoisotopic (exact) mass is 247 g/mol. The second-order valence-corrected chi connectivity index (χ2v) is 4.86. The molecule has 0 spiro atoms. The molecule has 0 aliphatic heterocycles. The van der Waals surface area contributed by atoms with E-state index in [0.717, 1.165) is 6.54 Å². The molecule has 0 aliphatic rings. The highest BCUT2D eigenvalue weighted by Gasteiger charge is 2.15. The van der Waals surface area contributed by atoms with E-state index in [4.69, 9.17) is 5.73 Å². The maximum absolute atomic E-state index is 5.88. The Morgan fingerprint density at radius 3 is 2.71 bits per heavy atom. The second-order valence-electron chi connectivity index (χ2n) is 4.08. The summed E-state index contributed by atoms with van der Waals surface area (Å²) in [6.07, 6.45) is 3.63. The van der Waals surface area contributed by atoms with Gasteiger partial charge in [0.1, 0.15) is 0 Å². The minimum absolute atomic E-state index is 0.248. The molecule has 1 unspecified atom stereocenters. The number of hydrogen-bond donors (Lipinski definition) is 1. The lowest BCUT2D eigenvalue weighted by Crippen LogP contribution is -2.30. The number of hydrogen-bond acceptors (Lipinski definition) is 4. The lowest BCUT2D eigenvalue weighted by Gasteiger charge is -2.26. The van der Waals surface area contributed by atoms with E-state index in [1.807, 2.05) is 24.5 Å². The summed E-state index contributed by atoms with van der Waals surface area (Å²) in [5.41, 5.74) is 8.44. The minimum atomic E-state index is 0.248. The van der Waals surface area contributed by atoms with Gasteiger partial charge in [0.05, 0.1) is 0 Å². The van der Waals surface area contributed by atoms with Crippen LogP contribution < -0.4 is 5.73 Å². The summed E-state index contributed by atoms with van der Waals surface area (Å²) < 4.78 is 0. The van der Waals surface area contributed by atoms with Crippen molar-refractivity contribution in [3.8, 4) is 0 Å². The Morgan fingerprint density at radius 1 is 1.35 bits per heavy atom. The van der Waals surface area contributed by atoms with Crippen molar-refractivity contribution in [1.82, 2.24) is 9.88 Å². The van der Waals surface area contributed by atoms with Gasteiger partial charge in [-0.1, -0.05) is 0 Å². The van der Waals surface area contributed by atoms with Gasteiger partial charge in [-0.25, -0.2) is 0 Å². The van der Waals surface area contributed by atoms with Gasteiger partial charge in [0.2, 0.25) is 0 Å². The van der Waals surface area contributed by atoms with Crippen LogP contribution in [0.5, 0.6) is 0 Å². The molecule has 0 radical (unpaired) electrons. The molecule has 0 aliphatic carbocycles. The van der Waals surface area contributed by atoms with Gasteiger partial charge in [-0.05, 0) is 47.1 Å². The fraction of sp³-hybridized carbons (Fsp3) is 0.308. The van der Waals surface area contributed by atoms with Gasteiger partial charge in [-0.3, -0.25) is 9.88 Å². The average Bonchev–Trinajstić information content (AvgIpc) is 2.84. The number of likely N-dealkylation sites (N-methyl/N-ethyl adjacent to an activating group) is 1. The molecule has 17 heavy (non-hydrogen) atoms. The summed E-state index contributed by atoms with van der Waals surface area (Å²) in [7, 11) is 2.11. The van der Waals surface area contributed by atoms with Crippen LogP contribution >= 0.6 is 11.3 Å². The molecule has 0 bridgehead atoms. The van der Waals surface area contributed by atoms with Crippen LogP contribution in [-0.2, 0) is 6.54 Å². The Labute approximate surface area is 106 Å². The van der Waals surface area contributed by atoms with Crippen molar-refractivity contribution in [2.75, 3.05) is 13.6 Å². The normalized spacial score (nSPS) is 12.9. The second kappa shape index (κ2) is 5.91. The van der Waals surface area contributed by atoms with E-state index in [9.17, 15) is 0 Å².